The van der Waals surface area contributed by atoms with Gasteiger partial charge in [0.15, 0.2) is 5.96 Å². The molecule has 0 radical (unpaired) electrons. The Hall–Kier alpha value is -9.61. The second-order valence-electron chi connectivity index (χ2n) is 21.4. The molecule has 4 aromatic rings. The number of benzene rings is 2. The lowest BCUT2D eigenvalue weighted by Gasteiger charge is -2.30. The van der Waals surface area contributed by atoms with Crippen LogP contribution in [0.25, 0.3) is 10.9 Å². The number of aliphatic hydroxyl groups excluding tert-OH is 1. The van der Waals surface area contributed by atoms with E-state index in [9.17, 15) is 58.2 Å². The maximum atomic E-state index is 14.4. The molecule has 0 saturated carbocycles. The molecular weight excluding hydrogens is 1130 g/mol. The van der Waals surface area contributed by atoms with Crippen molar-refractivity contribution < 1.29 is 68.1 Å². The van der Waals surface area contributed by atoms with Crippen LogP contribution < -0.4 is 59.3 Å². The third-order valence-corrected chi connectivity index (χ3v) is 14.0. The number of likely N-dealkylation sites (tertiary alicyclic amines) is 1. The van der Waals surface area contributed by atoms with E-state index < -0.39 is 115 Å². The summed E-state index contributed by atoms with van der Waals surface area (Å²) in [6.07, 6.45) is 5.78. The molecule has 2 aliphatic heterocycles. The smallest absolute Gasteiger partial charge is 0.300 e. The van der Waals surface area contributed by atoms with Crippen LogP contribution in [0.15, 0.2) is 72.2 Å². The highest BCUT2D eigenvalue weighted by atomic mass is 16.4. The van der Waals surface area contributed by atoms with Gasteiger partial charge in [-0.15, -0.1) is 0 Å². The first-order valence-electron chi connectivity index (χ1n) is 28.6. The van der Waals surface area contributed by atoms with Gasteiger partial charge in [-0.05, 0) is 80.7 Å². The number of nitrogens with two attached hydrogens (primary N) is 2. The van der Waals surface area contributed by atoms with E-state index in [1.54, 1.807) is 31.3 Å². The van der Waals surface area contributed by atoms with E-state index in [0.717, 1.165) is 12.4 Å². The largest absolute Gasteiger partial charge is 0.508 e. The topological polar surface area (TPSA) is 469 Å². The van der Waals surface area contributed by atoms with Gasteiger partial charge in [0, 0.05) is 81.2 Å². The highest BCUT2D eigenvalue weighted by Crippen LogP contribution is 2.22. The van der Waals surface area contributed by atoms with Crippen molar-refractivity contribution in [3.63, 3.8) is 0 Å². The van der Waals surface area contributed by atoms with E-state index in [0.29, 0.717) is 41.6 Å². The van der Waals surface area contributed by atoms with Gasteiger partial charge in [0.1, 0.15) is 54.1 Å². The van der Waals surface area contributed by atoms with Gasteiger partial charge in [0.05, 0.1) is 19.5 Å². The number of aliphatic hydroxyl groups is 1. The Bertz CT molecular complexity index is 3050. The van der Waals surface area contributed by atoms with Gasteiger partial charge in [-0.25, -0.2) is 4.98 Å². The normalized spacial score (nSPS) is 16.4. The summed E-state index contributed by atoms with van der Waals surface area (Å²) in [5, 5.41) is 52.4. The molecule has 8 unspecified atom stereocenters. The number of nitrogens with one attached hydrogen (secondary N) is 11. The molecule has 18 N–H and O–H groups in total. The fourth-order valence-corrected chi connectivity index (χ4v) is 9.79. The number of aliphatic carboxylic acids is 1. The number of rotatable bonds is 30. The Morgan fingerprint density at radius 2 is 1.39 bits per heavy atom. The van der Waals surface area contributed by atoms with E-state index in [4.69, 9.17) is 21.4 Å². The lowest BCUT2D eigenvalue weighted by atomic mass is 10.0. The van der Waals surface area contributed by atoms with Crippen molar-refractivity contribution in [1.82, 2.24) is 67.7 Å². The number of H-pyrrole nitrogens is 2. The maximum Gasteiger partial charge on any atom is 0.300 e. The Kier molecular flexibility index (Phi) is 26.5. The predicted octanol–water partition coefficient (Wildman–Crippen LogP) is -2.76. The predicted molar refractivity (Wildman–Crippen MR) is 315 cm³/mol. The number of carboxylic acid groups (broad SMARTS) is 1. The zero-order chi connectivity index (χ0) is 63.7. The number of para-hydroxylation sites is 1. The minimum atomic E-state index is -1.74. The lowest BCUT2D eigenvalue weighted by Crippen LogP contribution is -2.60. The first-order chi connectivity index (χ1) is 41.5. The number of carbonyl (C=O) groups is 11. The number of hydrogen-bond donors (Lipinski definition) is 16. The third-order valence-electron chi connectivity index (χ3n) is 14.0. The van der Waals surface area contributed by atoms with Crippen molar-refractivity contribution >= 4 is 81.9 Å². The van der Waals surface area contributed by atoms with Gasteiger partial charge in [-0.1, -0.05) is 44.2 Å². The molecule has 2 fully saturated rings. The molecule has 2 aromatic heterocycles. The quantitative estimate of drug-likeness (QED) is 0.0143. The molecular formula is C57H80N16O14. The van der Waals surface area contributed by atoms with Crippen molar-refractivity contribution in [2.75, 3.05) is 32.8 Å². The van der Waals surface area contributed by atoms with E-state index in [-0.39, 0.29) is 93.9 Å². The molecule has 4 heterocycles. The Morgan fingerprint density at radius 3 is 2.01 bits per heavy atom. The molecule has 30 nitrogen and oxygen atoms in total. The highest BCUT2D eigenvalue weighted by Gasteiger charge is 2.39. The van der Waals surface area contributed by atoms with Crippen LogP contribution in [0, 0.1) is 5.92 Å². The van der Waals surface area contributed by atoms with Crippen LogP contribution in [-0.4, -0.2) is 187 Å². The number of aromatic amines is 2. The number of phenolic OH excluding ortho intramolecular Hbond substituents is 1. The van der Waals surface area contributed by atoms with Gasteiger partial charge >= 0.3 is 0 Å². The Morgan fingerprint density at radius 1 is 0.759 bits per heavy atom. The number of aliphatic imine (C=N–C) groups is 1. The lowest BCUT2D eigenvalue weighted by molar-refractivity contribution is -0.142. The molecule has 10 amide bonds. The standard InChI is InChI=1S/C55H76N16O12.C2H4O2/c1-4-59-53(82)44-12-8-20-71(44)54(83)38(11-7-19-60-55(56)57)66-49(78)39(21-30(2)3)65-46(75)27-62-47(76)40(22-31-13-15-34(73)16-14-31)67-52(81)43(28-72)70-50(79)41(23-32-25-61-36-10-6-5-9-35(32)36)68-51(80)42(24-33-26-58-29-63-33)69-48(77)37-17-18-45(74)64-37;1-2(3)4/h5-6,9-10,13-16,25-26,29-30,37-44,61,72-73H,4,7-8,11-12,17-24,27-28H2,1-3H3,(H,58,63)(H,59,82)(H,62,76)(H,64,74)(H,65,75)(H,66,78)(H,67,81)(H,68,80)(H,69,77)(H,70,79)(H4,56,57,60);1H3,(H,3,4). The molecule has 2 saturated heterocycles. The molecule has 8 atom stereocenters. The van der Waals surface area contributed by atoms with E-state index in [1.165, 1.54) is 41.7 Å². The summed E-state index contributed by atoms with van der Waals surface area (Å²) in [6.45, 7) is 5.55. The Balaban J connectivity index is 0.00000334. The number of nitrogens with zero attached hydrogens (tertiary/aromatic N) is 3. The number of likely N-dealkylation sites (N-methyl/N-ethyl adjacent to an activating group) is 1. The second kappa shape index (κ2) is 33.8. The van der Waals surface area contributed by atoms with Gasteiger partial charge < -0.3 is 89.5 Å². The summed E-state index contributed by atoms with van der Waals surface area (Å²) in [7, 11) is 0. The van der Waals surface area contributed by atoms with Crippen molar-refractivity contribution in [3.8, 4) is 5.75 Å². The third kappa shape index (κ3) is 21.8. The number of imidazole rings is 1. The van der Waals surface area contributed by atoms with Gasteiger partial charge in [-0.2, -0.15) is 0 Å². The number of fused-ring (bicyclic) bond motifs is 1. The van der Waals surface area contributed by atoms with Crippen LogP contribution in [0.4, 0.5) is 0 Å². The number of phenols is 1. The van der Waals surface area contributed by atoms with Crippen LogP contribution in [0.1, 0.15) is 89.5 Å². The van der Waals surface area contributed by atoms with Crippen LogP contribution in [0.5, 0.6) is 5.75 Å². The van der Waals surface area contributed by atoms with Gasteiger partial charge in [0.2, 0.25) is 59.1 Å². The van der Waals surface area contributed by atoms with Crippen molar-refractivity contribution in [2.24, 2.45) is 22.4 Å². The Labute approximate surface area is 501 Å². The minimum Gasteiger partial charge on any atom is -0.508 e. The summed E-state index contributed by atoms with van der Waals surface area (Å²) in [5.41, 5.74) is 13.2. The average molecular weight is 1210 g/mol. The number of carboxylic acids is 1. The van der Waals surface area contributed by atoms with E-state index >= 15 is 0 Å². The van der Waals surface area contributed by atoms with E-state index in [2.05, 4.69) is 67.8 Å². The summed E-state index contributed by atoms with van der Waals surface area (Å²) in [4.78, 5) is 161. The molecule has 2 aliphatic rings. The fourth-order valence-electron chi connectivity index (χ4n) is 9.79. The summed E-state index contributed by atoms with van der Waals surface area (Å²) >= 11 is 0. The van der Waals surface area contributed by atoms with Crippen molar-refractivity contribution in [2.45, 2.75) is 140 Å². The molecule has 30 heteroatoms. The average Bonchev–Trinajstić information content (AvgIpc) is 2.38. The molecule has 0 bridgehead atoms. The molecule has 0 aliphatic carbocycles. The van der Waals surface area contributed by atoms with Crippen LogP contribution in [0.2, 0.25) is 0 Å². The zero-order valence-corrected chi connectivity index (χ0v) is 49.0. The fraction of sp³-hybridized carbons (Fsp3) is 0.491. The molecule has 6 rings (SSSR count). The summed E-state index contributed by atoms with van der Waals surface area (Å²) in [5.74, 6) is -8.24. The highest BCUT2D eigenvalue weighted by molar-refractivity contribution is 5.99. The van der Waals surface area contributed by atoms with Gasteiger partial charge in [0.25, 0.3) is 5.97 Å². The SMILES string of the molecule is CC(=O)O.CCNC(=O)C1CCCN1C(=O)C(CCCN=C(N)N)NC(=O)C(CC(C)C)NC(=O)CNC(=O)C(Cc1ccc(O)cc1)NC(=O)C(CO)NC(=O)C(Cc1c[nH]c2ccccc12)NC(=O)C(Cc1cnc[nH]1)NC(=O)C1CCC(=O)N1. The first kappa shape index (κ1) is 68.2. The zero-order valence-electron chi connectivity index (χ0n) is 49.0. The summed E-state index contributed by atoms with van der Waals surface area (Å²) < 4.78 is 0. The molecule has 472 valence electrons. The van der Waals surface area contributed by atoms with Crippen molar-refractivity contribution in [1.29, 1.82) is 0 Å². The maximum absolute atomic E-state index is 14.4. The van der Waals surface area contributed by atoms with Gasteiger partial charge in [-0.3, -0.25) is 57.7 Å². The number of carbonyl (C=O) groups excluding carboxylic acids is 10. The molecule has 2 aromatic carbocycles. The van der Waals surface area contributed by atoms with E-state index in [1.807, 2.05) is 19.9 Å². The van der Waals surface area contributed by atoms with Crippen LogP contribution in [0.3, 0.4) is 0 Å². The number of hydrogen-bond acceptors (Lipinski definition) is 15. The molecule has 87 heavy (non-hydrogen) atoms. The number of amides is 10. The number of aromatic hydroxyl groups is 1. The second-order valence-corrected chi connectivity index (χ2v) is 21.4. The number of guanidine groups is 1. The molecule has 0 spiro atoms. The van der Waals surface area contributed by atoms with Crippen LogP contribution in [-0.2, 0) is 72.0 Å². The first-order valence-corrected chi connectivity index (χ1v) is 28.6. The van der Waals surface area contributed by atoms with Crippen LogP contribution >= 0.6 is 0 Å². The number of aromatic nitrogens is 3. The minimum absolute atomic E-state index is 0.0913. The summed E-state index contributed by atoms with van der Waals surface area (Å²) in [6, 6.07) is 2.91. The van der Waals surface area contributed by atoms with Crippen molar-refractivity contribution in [3.05, 3.63) is 84.1 Å². The monoisotopic (exact) mass is 1210 g/mol.